The van der Waals surface area contributed by atoms with Crippen molar-refractivity contribution in [3.8, 4) is 17.1 Å². The van der Waals surface area contributed by atoms with Crippen LogP contribution in [0.3, 0.4) is 0 Å². The number of aryl methyl sites for hydroxylation is 2. The molecule has 1 aromatic carbocycles. The number of pyridine rings is 2. The number of carbonyl (C=O) groups is 1. The van der Waals surface area contributed by atoms with Crippen molar-refractivity contribution in [1.82, 2.24) is 44.2 Å². The van der Waals surface area contributed by atoms with Crippen LogP contribution in [-0.2, 0) is 11.3 Å². The second-order valence-electron chi connectivity index (χ2n) is 11.8. The van der Waals surface area contributed by atoms with Crippen molar-refractivity contribution in [2.75, 3.05) is 30.4 Å². The van der Waals surface area contributed by atoms with Gasteiger partial charge in [0.05, 0.1) is 28.3 Å². The van der Waals surface area contributed by atoms with Crippen molar-refractivity contribution in [2.45, 2.75) is 38.4 Å². The molecule has 2 atom stereocenters. The maximum atomic E-state index is 14.8. The highest BCUT2D eigenvalue weighted by molar-refractivity contribution is 6.28. The molecule has 2 aliphatic heterocycles. The summed E-state index contributed by atoms with van der Waals surface area (Å²) in [5, 5.41) is 8.25. The molecule has 1 unspecified atom stereocenters. The SMILES string of the molecule is Cc1nc2ccnc3c2n1CCCN(C)C(=O)[C@@H]1CC(CN1c1nc(Cl)nc2c1cnn2-c1ccc(F)cc1F)Nc1cccc-3n1. The van der Waals surface area contributed by atoms with Crippen LogP contribution < -0.4 is 10.2 Å². The standard InChI is InChI=1S/C32H28ClF2N11O/c1-17-38-23-9-10-36-27-22-5-3-6-26(40-22)39-19-14-25(31(47)43(2)11-4-12-44(17)28(23)27)45(16-19)29-20-15-37-46(30(20)42-32(33)41-29)24-8-7-18(34)13-21(24)35/h3,5-10,13,15,19,25H,4,11-12,14,16H2,1-2H3,(H,39,40)/t19?,25-/m0/s1. The monoisotopic (exact) mass is 655 g/mol. The van der Waals surface area contributed by atoms with Crippen LogP contribution in [0.25, 0.3) is 39.1 Å². The van der Waals surface area contributed by atoms with E-state index >= 15 is 0 Å². The zero-order valence-corrected chi connectivity index (χ0v) is 26.2. The highest BCUT2D eigenvalue weighted by atomic mass is 35.5. The number of aromatic nitrogens is 8. The molecule has 1 fully saturated rings. The molecule has 5 aromatic heterocycles. The largest absolute Gasteiger partial charge is 0.365 e. The zero-order chi connectivity index (χ0) is 32.4. The van der Waals surface area contributed by atoms with E-state index in [1.54, 1.807) is 18.1 Å². The predicted octanol–water partition coefficient (Wildman–Crippen LogP) is 4.78. The van der Waals surface area contributed by atoms with Gasteiger partial charge in [0.1, 0.15) is 40.7 Å². The summed E-state index contributed by atoms with van der Waals surface area (Å²) in [6.45, 7) is 3.49. The van der Waals surface area contributed by atoms with Crippen molar-refractivity contribution in [1.29, 1.82) is 0 Å². The van der Waals surface area contributed by atoms with Gasteiger partial charge in [-0.15, -0.1) is 0 Å². The zero-order valence-electron chi connectivity index (χ0n) is 25.4. The van der Waals surface area contributed by atoms with Crippen molar-refractivity contribution in [3.63, 3.8) is 0 Å². The first-order chi connectivity index (χ1) is 22.7. The number of carbonyl (C=O) groups excluding carboxylic acids is 1. The number of rotatable bonds is 2. The van der Waals surface area contributed by atoms with E-state index in [0.717, 1.165) is 34.7 Å². The molecule has 1 saturated heterocycles. The third-order valence-electron chi connectivity index (χ3n) is 8.82. The summed E-state index contributed by atoms with van der Waals surface area (Å²) in [6.07, 6.45) is 4.39. The molecular formula is C32H28ClF2N11O. The quantitative estimate of drug-likeness (QED) is 0.263. The number of fused-ring (bicyclic) bond motifs is 6. The average Bonchev–Trinajstić information content (AvgIpc) is 3.75. The molecule has 7 heterocycles. The lowest BCUT2D eigenvalue weighted by Gasteiger charge is -2.29. The predicted molar refractivity (Wildman–Crippen MR) is 172 cm³/mol. The Morgan fingerprint density at radius 2 is 1.91 bits per heavy atom. The second-order valence-corrected chi connectivity index (χ2v) is 12.1. The van der Waals surface area contributed by atoms with Crippen molar-refractivity contribution in [3.05, 3.63) is 77.6 Å². The maximum absolute atomic E-state index is 14.8. The van der Waals surface area contributed by atoms with Crippen LogP contribution in [0.15, 0.2) is 54.9 Å². The minimum Gasteiger partial charge on any atom is -0.365 e. The van der Waals surface area contributed by atoms with Crippen LogP contribution >= 0.6 is 11.6 Å². The Kier molecular flexibility index (Phi) is 6.97. The summed E-state index contributed by atoms with van der Waals surface area (Å²) in [6, 6.07) is 10.0. The molecule has 2 aliphatic rings. The minimum atomic E-state index is -0.807. The van der Waals surface area contributed by atoms with Gasteiger partial charge in [-0.05, 0) is 61.7 Å². The molecule has 238 valence electrons. The van der Waals surface area contributed by atoms with Gasteiger partial charge >= 0.3 is 0 Å². The molecule has 0 spiro atoms. The lowest BCUT2D eigenvalue weighted by atomic mass is 10.1. The van der Waals surface area contributed by atoms with E-state index in [1.807, 2.05) is 36.1 Å². The lowest BCUT2D eigenvalue weighted by molar-refractivity contribution is -0.131. The van der Waals surface area contributed by atoms with Gasteiger partial charge in [0.25, 0.3) is 0 Å². The van der Waals surface area contributed by atoms with Gasteiger partial charge in [-0.3, -0.25) is 9.78 Å². The van der Waals surface area contributed by atoms with Crippen molar-refractivity contribution in [2.24, 2.45) is 0 Å². The Labute approximate surface area is 272 Å². The van der Waals surface area contributed by atoms with E-state index < -0.39 is 17.7 Å². The Morgan fingerprint density at radius 1 is 1.04 bits per heavy atom. The van der Waals surface area contributed by atoms with Gasteiger partial charge < -0.3 is 19.7 Å². The number of anilines is 2. The molecule has 0 radical (unpaired) electrons. The molecule has 0 saturated carbocycles. The highest BCUT2D eigenvalue weighted by Gasteiger charge is 2.40. The molecule has 6 aromatic rings. The molecule has 47 heavy (non-hydrogen) atoms. The van der Waals surface area contributed by atoms with E-state index in [-0.39, 0.29) is 28.6 Å². The summed E-state index contributed by atoms with van der Waals surface area (Å²) >= 11 is 6.45. The van der Waals surface area contributed by atoms with Crippen LogP contribution in [0, 0.1) is 18.6 Å². The van der Waals surface area contributed by atoms with E-state index in [9.17, 15) is 13.6 Å². The maximum Gasteiger partial charge on any atom is 0.245 e. The van der Waals surface area contributed by atoms with Gasteiger partial charge in [0.2, 0.25) is 11.2 Å². The Balaban J connectivity index is 1.21. The number of nitrogens with zero attached hydrogens (tertiary/aromatic N) is 10. The number of benzene rings is 1. The normalized spacial score (nSPS) is 18.4. The van der Waals surface area contributed by atoms with E-state index in [0.29, 0.717) is 55.2 Å². The average molecular weight is 656 g/mol. The molecule has 8 rings (SSSR count). The highest BCUT2D eigenvalue weighted by Crippen LogP contribution is 2.35. The molecule has 15 heteroatoms. The number of likely N-dealkylation sites (N-methyl/N-ethyl adjacent to an activating group) is 1. The fourth-order valence-electron chi connectivity index (χ4n) is 6.67. The summed E-state index contributed by atoms with van der Waals surface area (Å²) < 4.78 is 31.9. The summed E-state index contributed by atoms with van der Waals surface area (Å²) in [4.78, 5) is 41.1. The van der Waals surface area contributed by atoms with Crippen LogP contribution in [0.1, 0.15) is 18.7 Å². The van der Waals surface area contributed by atoms with Crippen LogP contribution in [0.4, 0.5) is 20.4 Å². The van der Waals surface area contributed by atoms with Gasteiger partial charge in [-0.1, -0.05) is 6.07 Å². The molecule has 12 nitrogen and oxygen atoms in total. The van der Waals surface area contributed by atoms with E-state index in [1.165, 1.54) is 16.9 Å². The van der Waals surface area contributed by atoms with Gasteiger partial charge in [-0.25, -0.2) is 23.4 Å². The molecule has 1 N–H and O–H groups in total. The molecular weight excluding hydrogens is 628 g/mol. The van der Waals surface area contributed by atoms with Crippen molar-refractivity contribution < 1.29 is 13.6 Å². The van der Waals surface area contributed by atoms with Gasteiger partial charge in [0, 0.05) is 45.0 Å². The van der Waals surface area contributed by atoms with E-state index in [4.69, 9.17) is 26.6 Å². The first-order valence-electron chi connectivity index (χ1n) is 15.2. The fraction of sp³-hybridized carbons (Fsp3) is 0.281. The van der Waals surface area contributed by atoms with Crippen molar-refractivity contribution >= 4 is 51.2 Å². The number of imidazole rings is 1. The van der Waals surface area contributed by atoms with Crippen LogP contribution in [0.2, 0.25) is 5.28 Å². The third kappa shape index (κ3) is 4.99. The Hall–Kier alpha value is -5.24. The first-order valence-corrected chi connectivity index (χ1v) is 15.6. The number of nitrogens with one attached hydrogen (secondary N) is 1. The fourth-order valence-corrected chi connectivity index (χ4v) is 6.83. The van der Waals surface area contributed by atoms with E-state index in [2.05, 4.69) is 25.0 Å². The lowest BCUT2D eigenvalue weighted by Crippen LogP contribution is -2.45. The molecule has 0 aliphatic carbocycles. The smallest absolute Gasteiger partial charge is 0.245 e. The second kappa shape index (κ2) is 11.2. The van der Waals surface area contributed by atoms with Gasteiger partial charge in [-0.2, -0.15) is 15.1 Å². The molecule has 1 amide bonds. The Bertz CT molecular complexity index is 2200. The van der Waals surface area contributed by atoms with Crippen LogP contribution in [0.5, 0.6) is 0 Å². The topological polar surface area (TPSA) is 123 Å². The number of hydrogen-bond donors (Lipinski definition) is 1. The third-order valence-corrected chi connectivity index (χ3v) is 8.99. The van der Waals surface area contributed by atoms with Gasteiger partial charge in [0.15, 0.2) is 11.5 Å². The minimum absolute atomic E-state index is 0.00399. The summed E-state index contributed by atoms with van der Waals surface area (Å²) in [7, 11) is 1.80. The Morgan fingerprint density at radius 3 is 2.77 bits per heavy atom. The number of hydrogen-bond acceptors (Lipinski definition) is 9. The summed E-state index contributed by atoms with van der Waals surface area (Å²) in [5.41, 5.74) is 3.44. The first kappa shape index (κ1) is 29.2. The molecule has 4 bridgehead atoms. The summed E-state index contributed by atoms with van der Waals surface area (Å²) in [5.74, 6) is 0.284. The number of halogens is 3. The number of amides is 1. The van der Waals surface area contributed by atoms with Crippen LogP contribution in [-0.4, -0.2) is 82.3 Å².